The summed E-state index contributed by atoms with van der Waals surface area (Å²) in [5.41, 5.74) is 3.03. The largest absolute Gasteiger partial charge is 0.497 e. The highest BCUT2D eigenvalue weighted by atomic mass is 16.5. The Bertz CT molecular complexity index is 664. The molecule has 0 unspecified atom stereocenters. The van der Waals surface area contributed by atoms with Crippen molar-refractivity contribution in [3.05, 3.63) is 53.1 Å². The smallest absolute Gasteiger partial charge is 0.126 e. The third-order valence-corrected chi connectivity index (χ3v) is 4.34. The minimum absolute atomic E-state index is 0.0157. The molecule has 0 spiro atoms. The summed E-state index contributed by atoms with van der Waals surface area (Å²) < 4.78 is 15.9. The number of aliphatic hydroxyl groups is 1. The molecular weight excluding hydrogens is 280 g/mol. The van der Waals surface area contributed by atoms with Crippen LogP contribution in [0.2, 0.25) is 0 Å². The number of hydrogen-bond donors (Lipinski definition) is 1. The van der Waals surface area contributed by atoms with Gasteiger partial charge in [0.05, 0.1) is 27.4 Å². The Morgan fingerprint density at radius 3 is 2.18 bits per heavy atom. The van der Waals surface area contributed by atoms with Gasteiger partial charge in [-0.25, -0.2) is 0 Å². The Balaban J connectivity index is 1.97. The molecule has 116 valence electrons. The van der Waals surface area contributed by atoms with Crippen LogP contribution in [0.15, 0.2) is 36.4 Å². The molecule has 2 aromatic rings. The van der Waals surface area contributed by atoms with Gasteiger partial charge in [0.15, 0.2) is 0 Å². The summed E-state index contributed by atoms with van der Waals surface area (Å²) in [6.07, 6.45) is 0.183. The highest BCUT2D eigenvalue weighted by Gasteiger charge is 2.34. The van der Waals surface area contributed by atoms with Gasteiger partial charge >= 0.3 is 0 Å². The SMILES string of the molecule is COc1ccc([C@@H]2Cc3c(OC)cc(OC)cc3[C@H]2O)cc1. The van der Waals surface area contributed by atoms with Gasteiger partial charge in [0.25, 0.3) is 0 Å². The van der Waals surface area contributed by atoms with E-state index in [9.17, 15) is 5.11 Å². The van der Waals surface area contributed by atoms with E-state index < -0.39 is 6.10 Å². The topological polar surface area (TPSA) is 47.9 Å². The lowest BCUT2D eigenvalue weighted by molar-refractivity contribution is 0.157. The minimum atomic E-state index is -0.563. The number of aliphatic hydroxyl groups excluding tert-OH is 1. The molecule has 1 N–H and O–H groups in total. The van der Waals surface area contributed by atoms with Crippen molar-refractivity contribution in [1.29, 1.82) is 0 Å². The Kier molecular flexibility index (Phi) is 3.94. The lowest BCUT2D eigenvalue weighted by atomic mass is 9.94. The fourth-order valence-corrected chi connectivity index (χ4v) is 3.12. The van der Waals surface area contributed by atoms with Crippen LogP contribution in [0.25, 0.3) is 0 Å². The summed E-state index contributed by atoms with van der Waals surface area (Å²) in [6.45, 7) is 0. The lowest BCUT2D eigenvalue weighted by Gasteiger charge is -2.16. The first-order valence-corrected chi connectivity index (χ1v) is 7.24. The van der Waals surface area contributed by atoms with Crippen molar-refractivity contribution in [2.45, 2.75) is 18.4 Å². The summed E-state index contributed by atoms with van der Waals surface area (Å²) in [5, 5.41) is 10.7. The van der Waals surface area contributed by atoms with E-state index in [1.165, 1.54) is 0 Å². The van der Waals surface area contributed by atoms with Gasteiger partial charge < -0.3 is 19.3 Å². The maximum atomic E-state index is 10.7. The van der Waals surface area contributed by atoms with E-state index in [-0.39, 0.29) is 5.92 Å². The van der Waals surface area contributed by atoms with E-state index in [0.717, 1.165) is 34.6 Å². The molecule has 0 aliphatic heterocycles. The molecule has 1 aliphatic rings. The molecule has 2 aromatic carbocycles. The summed E-state index contributed by atoms with van der Waals surface area (Å²) >= 11 is 0. The fourth-order valence-electron chi connectivity index (χ4n) is 3.12. The van der Waals surface area contributed by atoms with Crippen molar-refractivity contribution in [3.63, 3.8) is 0 Å². The number of rotatable bonds is 4. The molecule has 0 saturated heterocycles. The van der Waals surface area contributed by atoms with Crippen molar-refractivity contribution in [2.24, 2.45) is 0 Å². The summed E-state index contributed by atoms with van der Waals surface area (Å²) in [5.74, 6) is 2.30. The van der Waals surface area contributed by atoms with Crippen molar-refractivity contribution >= 4 is 0 Å². The maximum absolute atomic E-state index is 10.7. The Labute approximate surface area is 130 Å². The number of benzene rings is 2. The van der Waals surface area contributed by atoms with E-state index in [2.05, 4.69) is 0 Å². The molecule has 4 heteroatoms. The van der Waals surface area contributed by atoms with Crippen LogP contribution in [0.4, 0.5) is 0 Å². The second-order valence-corrected chi connectivity index (χ2v) is 5.43. The lowest BCUT2D eigenvalue weighted by Crippen LogP contribution is -2.05. The molecule has 3 rings (SSSR count). The van der Waals surface area contributed by atoms with Crippen LogP contribution in [0.5, 0.6) is 17.2 Å². The predicted octanol–water partition coefficient (Wildman–Crippen LogP) is 3.09. The summed E-state index contributed by atoms with van der Waals surface area (Å²) in [4.78, 5) is 0. The maximum Gasteiger partial charge on any atom is 0.126 e. The number of fused-ring (bicyclic) bond motifs is 1. The normalized spacial score (nSPS) is 19.6. The van der Waals surface area contributed by atoms with Gasteiger partial charge in [-0.3, -0.25) is 0 Å². The van der Waals surface area contributed by atoms with Crippen LogP contribution in [0.1, 0.15) is 28.7 Å². The standard InChI is InChI=1S/C18H20O4/c1-20-12-6-4-11(5-7-12)14-10-15-16(18(14)19)8-13(21-2)9-17(15)22-3/h4-9,14,18-19H,10H2,1-3H3/t14-,18-/m0/s1. The third kappa shape index (κ3) is 2.40. The monoisotopic (exact) mass is 300 g/mol. The first-order valence-electron chi connectivity index (χ1n) is 7.24. The number of methoxy groups -OCH3 is 3. The van der Waals surface area contributed by atoms with E-state index >= 15 is 0 Å². The molecular formula is C18H20O4. The molecule has 0 radical (unpaired) electrons. The molecule has 0 bridgehead atoms. The molecule has 0 amide bonds. The van der Waals surface area contributed by atoms with Crippen molar-refractivity contribution < 1.29 is 19.3 Å². The van der Waals surface area contributed by atoms with Crippen LogP contribution in [0, 0.1) is 0 Å². The molecule has 0 heterocycles. The van der Waals surface area contributed by atoms with Crippen molar-refractivity contribution in [1.82, 2.24) is 0 Å². The van der Waals surface area contributed by atoms with E-state index in [0.29, 0.717) is 5.75 Å². The van der Waals surface area contributed by atoms with Crippen LogP contribution in [0.3, 0.4) is 0 Å². The molecule has 0 saturated carbocycles. The Morgan fingerprint density at radius 2 is 1.59 bits per heavy atom. The summed E-state index contributed by atoms with van der Waals surface area (Å²) in [6, 6.07) is 11.6. The zero-order chi connectivity index (χ0) is 15.7. The van der Waals surface area contributed by atoms with Crippen molar-refractivity contribution in [3.8, 4) is 17.2 Å². The fraction of sp³-hybridized carbons (Fsp3) is 0.333. The van der Waals surface area contributed by atoms with E-state index in [1.54, 1.807) is 21.3 Å². The molecule has 0 aromatic heterocycles. The molecule has 2 atom stereocenters. The van der Waals surface area contributed by atoms with E-state index in [1.807, 2.05) is 36.4 Å². The first kappa shape index (κ1) is 14.7. The quantitative estimate of drug-likeness (QED) is 0.942. The van der Waals surface area contributed by atoms with Gasteiger partial charge in [-0.05, 0) is 35.7 Å². The predicted molar refractivity (Wildman–Crippen MR) is 83.9 cm³/mol. The van der Waals surface area contributed by atoms with Gasteiger partial charge in [-0.2, -0.15) is 0 Å². The van der Waals surface area contributed by atoms with Gasteiger partial charge in [0.2, 0.25) is 0 Å². The molecule has 4 nitrogen and oxygen atoms in total. The van der Waals surface area contributed by atoms with Crippen LogP contribution < -0.4 is 14.2 Å². The average molecular weight is 300 g/mol. The Morgan fingerprint density at radius 1 is 0.909 bits per heavy atom. The van der Waals surface area contributed by atoms with Gasteiger partial charge in [0.1, 0.15) is 17.2 Å². The average Bonchev–Trinajstić information content (AvgIpc) is 2.91. The number of ether oxygens (including phenoxy) is 3. The highest BCUT2D eigenvalue weighted by molar-refractivity contribution is 5.52. The Hall–Kier alpha value is -2.20. The highest BCUT2D eigenvalue weighted by Crippen LogP contribution is 2.47. The van der Waals surface area contributed by atoms with Gasteiger partial charge in [-0.15, -0.1) is 0 Å². The van der Waals surface area contributed by atoms with Gasteiger partial charge in [0, 0.05) is 17.5 Å². The van der Waals surface area contributed by atoms with Crippen LogP contribution in [-0.4, -0.2) is 26.4 Å². The first-order chi connectivity index (χ1) is 10.7. The van der Waals surface area contributed by atoms with Crippen LogP contribution in [-0.2, 0) is 6.42 Å². The second-order valence-electron chi connectivity index (χ2n) is 5.43. The molecule has 22 heavy (non-hydrogen) atoms. The van der Waals surface area contributed by atoms with Crippen molar-refractivity contribution in [2.75, 3.05) is 21.3 Å². The third-order valence-electron chi connectivity index (χ3n) is 4.34. The zero-order valence-electron chi connectivity index (χ0n) is 13.0. The molecule has 1 aliphatic carbocycles. The second kappa shape index (κ2) is 5.89. The molecule has 0 fully saturated rings. The van der Waals surface area contributed by atoms with Crippen LogP contribution >= 0.6 is 0 Å². The minimum Gasteiger partial charge on any atom is -0.497 e. The number of hydrogen-bond acceptors (Lipinski definition) is 4. The van der Waals surface area contributed by atoms with Gasteiger partial charge in [-0.1, -0.05) is 12.1 Å². The van der Waals surface area contributed by atoms with E-state index in [4.69, 9.17) is 14.2 Å². The zero-order valence-corrected chi connectivity index (χ0v) is 13.0. The summed E-state index contributed by atoms with van der Waals surface area (Å²) in [7, 11) is 4.90.